The third-order valence-corrected chi connectivity index (χ3v) is 4.50. The van der Waals surface area contributed by atoms with Gasteiger partial charge in [-0.15, -0.1) is 0 Å². The first-order chi connectivity index (χ1) is 9.88. The first kappa shape index (κ1) is 13.9. The van der Waals surface area contributed by atoms with Crippen LogP contribution in [0.5, 0.6) is 5.75 Å². The lowest BCUT2D eigenvalue weighted by Gasteiger charge is -2.31. The Morgan fingerprint density at radius 2 is 2.15 bits per heavy atom. The number of benzene rings is 1. The number of likely N-dealkylation sites (N-methyl/N-ethyl adjacent to an activating group) is 1. The highest BCUT2D eigenvalue weighted by Crippen LogP contribution is 2.37. The summed E-state index contributed by atoms with van der Waals surface area (Å²) in [7, 11) is 0. The van der Waals surface area contributed by atoms with E-state index < -0.39 is 0 Å². The second kappa shape index (κ2) is 6.59. The van der Waals surface area contributed by atoms with E-state index in [1.54, 1.807) is 0 Å². The molecule has 2 aliphatic rings. The van der Waals surface area contributed by atoms with Gasteiger partial charge in [-0.2, -0.15) is 0 Å². The standard InChI is InChI=1S/C17H25NO2/c1-2-18-15(17-8-5-10-19-17)12-13-9-11-20-16-7-4-3-6-14(13)16/h3-4,6-7,13,15,17-18H,2,5,8-12H2,1H3. The van der Waals surface area contributed by atoms with Crippen molar-refractivity contribution in [2.24, 2.45) is 0 Å². The van der Waals surface area contributed by atoms with E-state index in [9.17, 15) is 0 Å². The molecular weight excluding hydrogens is 250 g/mol. The van der Waals surface area contributed by atoms with Crippen molar-refractivity contribution in [2.45, 2.75) is 50.7 Å². The summed E-state index contributed by atoms with van der Waals surface area (Å²) in [6.07, 6.45) is 5.06. The first-order valence-corrected chi connectivity index (χ1v) is 7.95. The predicted molar refractivity (Wildman–Crippen MR) is 80.4 cm³/mol. The molecule has 0 saturated carbocycles. The fourth-order valence-corrected chi connectivity index (χ4v) is 3.52. The van der Waals surface area contributed by atoms with E-state index in [1.165, 1.54) is 18.4 Å². The Hall–Kier alpha value is -1.06. The fourth-order valence-electron chi connectivity index (χ4n) is 3.52. The molecule has 110 valence electrons. The smallest absolute Gasteiger partial charge is 0.122 e. The lowest BCUT2D eigenvalue weighted by molar-refractivity contribution is 0.0717. The molecule has 3 atom stereocenters. The van der Waals surface area contributed by atoms with E-state index in [0.717, 1.165) is 38.3 Å². The summed E-state index contributed by atoms with van der Waals surface area (Å²) in [5.41, 5.74) is 1.37. The Morgan fingerprint density at radius 1 is 1.25 bits per heavy atom. The van der Waals surface area contributed by atoms with Crippen molar-refractivity contribution in [3.8, 4) is 5.75 Å². The third kappa shape index (κ3) is 2.99. The zero-order valence-corrected chi connectivity index (χ0v) is 12.3. The normalized spacial score (nSPS) is 26.9. The topological polar surface area (TPSA) is 30.5 Å². The van der Waals surface area contributed by atoms with Gasteiger partial charge in [0.2, 0.25) is 0 Å². The molecule has 0 amide bonds. The van der Waals surface area contributed by atoms with Crippen molar-refractivity contribution >= 4 is 0 Å². The van der Waals surface area contributed by atoms with E-state index in [1.807, 2.05) is 0 Å². The number of hydrogen-bond donors (Lipinski definition) is 1. The molecule has 3 rings (SSSR count). The summed E-state index contributed by atoms with van der Waals surface area (Å²) < 4.78 is 11.7. The van der Waals surface area contributed by atoms with E-state index in [4.69, 9.17) is 9.47 Å². The zero-order valence-electron chi connectivity index (χ0n) is 12.3. The maximum atomic E-state index is 5.90. The summed E-state index contributed by atoms with van der Waals surface area (Å²) in [6.45, 7) is 4.96. The maximum Gasteiger partial charge on any atom is 0.122 e. The summed E-state index contributed by atoms with van der Waals surface area (Å²) in [4.78, 5) is 0. The van der Waals surface area contributed by atoms with Crippen LogP contribution in [0.15, 0.2) is 24.3 Å². The number of ether oxygens (including phenoxy) is 2. The van der Waals surface area contributed by atoms with Crippen molar-refractivity contribution in [3.05, 3.63) is 29.8 Å². The number of fused-ring (bicyclic) bond motifs is 1. The molecule has 1 fully saturated rings. The van der Waals surface area contributed by atoms with Crippen LogP contribution in [-0.4, -0.2) is 31.9 Å². The Labute approximate surface area is 121 Å². The largest absolute Gasteiger partial charge is 0.493 e. The van der Waals surface area contributed by atoms with Gasteiger partial charge in [-0.25, -0.2) is 0 Å². The molecule has 2 aliphatic heterocycles. The molecular formula is C17H25NO2. The van der Waals surface area contributed by atoms with Gasteiger partial charge in [0.15, 0.2) is 0 Å². The van der Waals surface area contributed by atoms with Crippen LogP contribution < -0.4 is 10.1 Å². The lowest BCUT2D eigenvalue weighted by atomic mass is 9.85. The highest BCUT2D eigenvalue weighted by atomic mass is 16.5. The molecule has 1 aromatic rings. The van der Waals surface area contributed by atoms with Gasteiger partial charge < -0.3 is 14.8 Å². The number of rotatable bonds is 5. The fraction of sp³-hybridized carbons (Fsp3) is 0.647. The van der Waals surface area contributed by atoms with Crippen LogP contribution in [0.25, 0.3) is 0 Å². The average Bonchev–Trinajstić information content (AvgIpc) is 3.01. The summed E-state index contributed by atoms with van der Waals surface area (Å²) >= 11 is 0. The predicted octanol–water partition coefficient (Wildman–Crippen LogP) is 3.10. The molecule has 20 heavy (non-hydrogen) atoms. The van der Waals surface area contributed by atoms with E-state index in [-0.39, 0.29) is 0 Å². The van der Waals surface area contributed by atoms with E-state index in [2.05, 4.69) is 36.5 Å². The zero-order chi connectivity index (χ0) is 13.8. The molecule has 0 spiro atoms. The molecule has 3 unspecified atom stereocenters. The summed E-state index contributed by atoms with van der Waals surface area (Å²) in [6, 6.07) is 8.96. The molecule has 0 radical (unpaired) electrons. The third-order valence-electron chi connectivity index (χ3n) is 4.50. The minimum atomic E-state index is 0.393. The average molecular weight is 275 g/mol. The second-order valence-electron chi connectivity index (χ2n) is 5.82. The van der Waals surface area contributed by atoms with Gasteiger partial charge in [0.05, 0.1) is 12.7 Å². The molecule has 1 N–H and O–H groups in total. The van der Waals surface area contributed by atoms with Gasteiger partial charge in [0, 0.05) is 12.6 Å². The quantitative estimate of drug-likeness (QED) is 0.895. The number of para-hydroxylation sites is 1. The van der Waals surface area contributed by atoms with E-state index >= 15 is 0 Å². The monoisotopic (exact) mass is 275 g/mol. The Bertz CT molecular complexity index is 429. The van der Waals surface area contributed by atoms with Crippen LogP contribution >= 0.6 is 0 Å². The molecule has 1 saturated heterocycles. The number of nitrogens with one attached hydrogen (secondary N) is 1. The first-order valence-electron chi connectivity index (χ1n) is 7.95. The summed E-state index contributed by atoms with van der Waals surface area (Å²) in [5, 5.41) is 3.64. The lowest BCUT2D eigenvalue weighted by Crippen LogP contribution is -2.41. The van der Waals surface area contributed by atoms with Gasteiger partial charge in [0.1, 0.15) is 5.75 Å². The molecule has 0 bridgehead atoms. The minimum absolute atomic E-state index is 0.393. The van der Waals surface area contributed by atoms with Crippen molar-refractivity contribution < 1.29 is 9.47 Å². The van der Waals surface area contributed by atoms with Gasteiger partial charge >= 0.3 is 0 Å². The van der Waals surface area contributed by atoms with Gasteiger partial charge in [0.25, 0.3) is 0 Å². The van der Waals surface area contributed by atoms with Crippen LogP contribution in [0.4, 0.5) is 0 Å². The van der Waals surface area contributed by atoms with Crippen LogP contribution in [0, 0.1) is 0 Å². The van der Waals surface area contributed by atoms with Crippen LogP contribution in [0.3, 0.4) is 0 Å². The highest BCUT2D eigenvalue weighted by molar-refractivity contribution is 5.37. The SMILES string of the molecule is CCNC(CC1CCOc2ccccc21)C1CCCO1. The minimum Gasteiger partial charge on any atom is -0.493 e. The molecule has 1 aromatic carbocycles. The Morgan fingerprint density at radius 3 is 2.95 bits per heavy atom. The molecule has 3 heteroatoms. The van der Waals surface area contributed by atoms with Crippen LogP contribution in [0.2, 0.25) is 0 Å². The second-order valence-corrected chi connectivity index (χ2v) is 5.82. The van der Waals surface area contributed by atoms with Gasteiger partial charge in [-0.3, -0.25) is 0 Å². The van der Waals surface area contributed by atoms with E-state index in [0.29, 0.717) is 18.1 Å². The van der Waals surface area contributed by atoms with Crippen molar-refractivity contribution in [3.63, 3.8) is 0 Å². The maximum absolute atomic E-state index is 5.90. The Kier molecular flexibility index (Phi) is 4.58. The van der Waals surface area contributed by atoms with Gasteiger partial charge in [-0.1, -0.05) is 25.1 Å². The molecule has 0 aromatic heterocycles. The number of hydrogen-bond acceptors (Lipinski definition) is 3. The van der Waals surface area contributed by atoms with Crippen LogP contribution in [-0.2, 0) is 4.74 Å². The van der Waals surface area contributed by atoms with Crippen molar-refractivity contribution in [1.82, 2.24) is 5.32 Å². The highest BCUT2D eigenvalue weighted by Gasteiger charge is 2.30. The summed E-state index contributed by atoms with van der Waals surface area (Å²) in [5.74, 6) is 1.67. The van der Waals surface area contributed by atoms with Crippen molar-refractivity contribution in [1.29, 1.82) is 0 Å². The molecule has 2 heterocycles. The van der Waals surface area contributed by atoms with Gasteiger partial charge in [-0.05, 0) is 49.8 Å². The molecule has 3 nitrogen and oxygen atoms in total. The molecule has 0 aliphatic carbocycles. The van der Waals surface area contributed by atoms with Crippen molar-refractivity contribution in [2.75, 3.05) is 19.8 Å². The Balaban J connectivity index is 1.72. The van der Waals surface area contributed by atoms with Crippen LogP contribution in [0.1, 0.15) is 44.1 Å².